The Morgan fingerprint density at radius 2 is 1.85 bits per heavy atom. The van der Waals surface area contributed by atoms with Crippen LogP contribution in [-0.4, -0.2) is 37.5 Å². The van der Waals surface area contributed by atoms with Crippen molar-refractivity contribution in [1.29, 1.82) is 0 Å². The van der Waals surface area contributed by atoms with Gasteiger partial charge in [-0.3, -0.25) is 4.79 Å². The minimum Gasteiger partial charge on any atom is -0.343 e. The van der Waals surface area contributed by atoms with Crippen molar-refractivity contribution in [2.45, 2.75) is 0 Å². The zero-order chi connectivity index (χ0) is 9.36. The van der Waals surface area contributed by atoms with E-state index in [1.54, 1.807) is 16.2 Å². The molecule has 1 saturated heterocycles. The third-order valence-electron chi connectivity index (χ3n) is 1.73. The summed E-state index contributed by atoms with van der Waals surface area (Å²) in [6.07, 6.45) is 0.904. The van der Waals surface area contributed by atoms with Crippen molar-refractivity contribution < 1.29 is 4.79 Å². The van der Waals surface area contributed by atoms with Gasteiger partial charge >= 0.3 is 0 Å². The highest BCUT2D eigenvalue weighted by Gasteiger charge is 2.04. The van der Waals surface area contributed by atoms with Crippen molar-refractivity contribution in [2.75, 3.05) is 26.2 Å². The summed E-state index contributed by atoms with van der Waals surface area (Å²) in [5, 5.41) is 7.23. The predicted molar refractivity (Wildman–Crippen MR) is 54.8 cm³/mol. The van der Waals surface area contributed by atoms with E-state index >= 15 is 0 Å². The Hall–Kier alpha value is -0.870. The number of carbonyl (C=O) groups is 1. The highest BCUT2D eigenvalue weighted by atomic mass is 32.1. The zero-order valence-electron chi connectivity index (χ0n) is 7.48. The molecular formula is C9H14N2OS. The molecule has 1 amide bonds. The maximum atomic E-state index is 10.1. The number of rotatable bonds is 1. The second-order valence-corrected chi connectivity index (χ2v) is 3.50. The molecule has 1 aromatic rings. The van der Waals surface area contributed by atoms with Gasteiger partial charge in [-0.05, 0) is 10.8 Å². The summed E-state index contributed by atoms with van der Waals surface area (Å²) in [6.45, 7) is 3.62. The van der Waals surface area contributed by atoms with Crippen molar-refractivity contribution >= 4 is 17.7 Å². The second kappa shape index (κ2) is 6.62. The minimum absolute atomic E-state index is 0.865. The van der Waals surface area contributed by atoms with E-state index in [1.807, 2.05) is 22.9 Å². The molecule has 3 nitrogen and oxygen atoms in total. The summed E-state index contributed by atoms with van der Waals surface area (Å²) in [5.41, 5.74) is 0. The summed E-state index contributed by atoms with van der Waals surface area (Å²) < 4.78 is 0. The smallest absolute Gasteiger partial charge is 0.209 e. The van der Waals surface area contributed by atoms with Gasteiger partial charge in [-0.25, -0.2) is 0 Å². The number of nitrogens with one attached hydrogen (secondary N) is 1. The molecule has 2 heterocycles. The van der Waals surface area contributed by atoms with Crippen molar-refractivity contribution in [2.24, 2.45) is 0 Å². The molecule has 0 unspecified atom stereocenters. The molecule has 1 fully saturated rings. The Labute approximate surface area is 82.4 Å². The highest BCUT2D eigenvalue weighted by Crippen LogP contribution is 1.91. The molecule has 13 heavy (non-hydrogen) atoms. The van der Waals surface area contributed by atoms with Crippen LogP contribution in [0, 0.1) is 0 Å². The Kier molecular flexibility index (Phi) is 5.20. The molecule has 4 heteroatoms. The van der Waals surface area contributed by atoms with Crippen LogP contribution in [0.1, 0.15) is 0 Å². The van der Waals surface area contributed by atoms with Crippen molar-refractivity contribution in [1.82, 2.24) is 10.2 Å². The summed E-state index contributed by atoms with van der Waals surface area (Å²) >= 11 is 1.71. The van der Waals surface area contributed by atoms with Gasteiger partial charge in [-0.15, -0.1) is 0 Å². The number of amides is 1. The fourth-order valence-electron chi connectivity index (χ4n) is 1.01. The van der Waals surface area contributed by atoms with Gasteiger partial charge in [0.2, 0.25) is 6.41 Å². The number of hydrogen-bond donors (Lipinski definition) is 1. The van der Waals surface area contributed by atoms with Gasteiger partial charge in [0.25, 0.3) is 0 Å². The lowest BCUT2D eigenvalue weighted by Crippen LogP contribution is -2.42. The molecule has 1 aliphatic rings. The summed E-state index contributed by atoms with van der Waals surface area (Å²) in [7, 11) is 0. The van der Waals surface area contributed by atoms with Crippen LogP contribution in [0.2, 0.25) is 0 Å². The average molecular weight is 198 g/mol. The Morgan fingerprint density at radius 3 is 2.15 bits per heavy atom. The maximum absolute atomic E-state index is 10.1. The van der Waals surface area contributed by atoms with E-state index < -0.39 is 0 Å². The van der Waals surface area contributed by atoms with Crippen LogP contribution in [0.25, 0.3) is 0 Å². The fourth-order valence-corrected chi connectivity index (χ4v) is 1.47. The molecule has 1 aromatic heterocycles. The zero-order valence-corrected chi connectivity index (χ0v) is 8.30. The number of thiophene rings is 1. The summed E-state index contributed by atoms with van der Waals surface area (Å²) in [4.78, 5) is 11.8. The van der Waals surface area contributed by atoms with E-state index in [1.165, 1.54) is 0 Å². The quantitative estimate of drug-likeness (QED) is 0.677. The van der Waals surface area contributed by atoms with Gasteiger partial charge in [-0.2, -0.15) is 11.3 Å². The van der Waals surface area contributed by atoms with Gasteiger partial charge in [0.15, 0.2) is 0 Å². The first-order valence-corrected chi connectivity index (χ1v) is 5.25. The summed E-state index contributed by atoms with van der Waals surface area (Å²) in [6, 6.07) is 4.04. The van der Waals surface area contributed by atoms with Crippen molar-refractivity contribution in [3.05, 3.63) is 22.9 Å². The number of piperazine rings is 1. The lowest BCUT2D eigenvalue weighted by atomic mass is 10.4. The molecule has 0 bridgehead atoms. The Balaban J connectivity index is 0.000000145. The van der Waals surface area contributed by atoms with Gasteiger partial charge in [0.1, 0.15) is 0 Å². The third kappa shape index (κ3) is 4.65. The minimum atomic E-state index is 0.865. The van der Waals surface area contributed by atoms with E-state index in [4.69, 9.17) is 0 Å². The molecule has 1 aliphatic heterocycles. The number of carbonyl (C=O) groups excluding carboxylic acids is 1. The first-order valence-electron chi connectivity index (χ1n) is 4.30. The lowest BCUT2D eigenvalue weighted by molar-refractivity contribution is -0.118. The molecule has 2 rings (SSSR count). The molecule has 0 aromatic carbocycles. The topological polar surface area (TPSA) is 32.3 Å². The van der Waals surface area contributed by atoms with E-state index in [0.717, 1.165) is 32.6 Å². The fraction of sp³-hybridized carbons (Fsp3) is 0.444. The van der Waals surface area contributed by atoms with Crippen molar-refractivity contribution in [3.8, 4) is 0 Å². The van der Waals surface area contributed by atoms with Crippen LogP contribution >= 0.6 is 11.3 Å². The van der Waals surface area contributed by atoms with Gasteiger partial charge in [0, 0.05) is 26.2 Å². The maximum Gasteiger partial charge on any atom is 0.209 e. The Morgan fingerprint density at radius 1 is 1.23 bits per heavy atom. The largest absolute Gasteiger partial charge is 0.343 e. The highest BCUT2D eigenvalue weighted by molar-refractivity contribution is 7.07. The van der Waals surface area contributed by atoms with Crippen LogP contribution < -0.4 is 5.32 Å². The molecule has 72 valence electrons. The number of hydrogen-bond acceptors (Lipinski definition) is 3. The monoisotopic (exact) mass is 198 g/mol. The normalized spacial score (nSPS) is 15.8. The van der Waals surface area contributed by atoms with E-state index in [-0.39, 0.29) is 0 Å². The molecule has 0 aliphatic carbocycles. The number of nitrogens with zero attached hydrogens (tertiary/aromatic N) is 1. The first kappa shape index (κ1) is 10.2. The van der Waals surface area contributed by atoms with Crippen LogP contribution in [0.3, 0.4) is 0 Å². The average Bonchev–Trinajstić information content (AvgIpc) is 2.77. The summed E-state index contributed by atoms with van der Waals surface area (Å²) in [5.74, 6) is 0. The SMILES string of the molecule is O=CN1CCNCC1.c1ccsc1. The molecule has 0 spiro atoms. The van der Waals surface area contributed by atoms with Crippen LogP contribution in [-0.2, 0) is 4.79 Å². The lowest BCUT2D eigenvalue weighted by Gasteiger charge is -2.22. The van der Waals surface area contributed by atoms with Gasteiger partial charge in [-0.1, -0.05) is 12.1 Å². The van der Waals surface area contributed by atoms with Gasteiger partial charge in [0.05, 0.1) is 0 Å². The first-order chi connectivity index (χ1) is 6.43. The Bertz CT molecular complexity index is 190. The van der Waals surface area contributed by atoms with E-state index in [0.29, 0.717) is 0 Å². The molecule has 0 saturated carbocycles. The predicted octanol–water partition coefficient (Wildman–Crippen LogP) is 0.796. The van der Waals surface area contributed by atoms with E-state index in [2.05, 4.69) is 5.32 Å². The van der Waals surface area contributed by atoms with E-state index in [9.17, 15) is 4.79 Å². The molecule has 1 N–H and O–H groups in total. The second-order valence-electron chi connectivity index (χ2n) is 2.68. The van der Waals surface area contributed by atoms with Crippen LogP contribution in [0.4, 0.5) is 0 Å². The van der Waals surface area contributed by atoms with Gasteiger partial charge < -0.3 is 10.2 Å². The third-order valence-corrected chi connectivity index (χ3v) is 2.35. The standard InChI is InChI=1S/C5H10N2O.C4H4S/c8-5-7-3-1-6-2-4-7;1-2-4-5-3-1/h5-6H,1-4H2;1-4H. The molecule has 0 atom stereocenters. The molecular weight excluding hydrogens is 184 g/mol. The van der Waals surface area contributed by atoms with Crippen LogP contribution in [0.5, 0.6) is 0 Å². The molecule has 0 radical (unpaired) electrons. The van der Waals surface area contributed by atoms with Crippen molar-refractivity contribution in [3.63, 3.8) is 0 Å². The van der Waals surface area contributed by atoms with Crippen LogP contribution in [0.15, 0.2) is 22.9 Å².